The first-order chi connectivity index (χ1) is 8.92. The molecule has 0 saturated carbocycles. The fraction of sp³-hybridized carbons (Fsp3) is 0.538. The van der Waals surface area contributed by atoms with Gasteiger partial charge in [-0.25, -0.2) is 0 Å². The van der Waals surface area contributed by atoms with E-state index in [1.54, 1.807) is 18.7 Å². The standard InChI is InChI=1S/C13H18N4O2/c1-5-17(8(2)6-12(18)19)13-11(7-14)9(3)10(4)15-16-13/h8H,5-6H2,1-4H3,(H,18,19). The predicted octanol–water partition coefficient (Wildman–Crippen LogP) is 1.65. The van der Waals surface area contributed by atoms with Crippen LogP contribution in [0, 0.1) is 25.2 Å². The van der Waals surface area contributed by atoms with E-state index in [2.05, 4.69) is 16.3 Å². The lowest BCUT2D eigenvalue weighted by atomic mass is 10.1. The summed E-state index contributed by atoms with van der Waals surface area (Å²) < 4.78 is 0. The van der Waals surface area contributed by atoms with Gasteiger partial charge in [0.1, 0.15) is 11.6 Å². The van der Waals surface area contributed by atoms with Gasteiger partial charge in [-0.15, -0.1) is 5.10 Å². The third kappa shape index (κ3) is 3.19. The van der Waals surface area contributed by atoms with Crippen LogP contribution in [0.15, 0.2) is 0 Å². The molecule has 0 saturated heterocycles. The van der Waals surface area contributed by atoms with Crippen molar-refractivity contribution in [3.05, 3.63) is 16.8 Å². The van der Waals surface area contributed by atoms with Gasteiger partial charge in [0.05, 0.1) is 12.1 Å². The van der Waals surface area contributed by atoms with E-state index >= 15 is 0 Å². The van der Waals surface area contributed by atoms with Crippen LogP contribution in [0.4, 0.5) is 5.82 Å². The van der Waals surface area contributed by atoms with E-state index in [1.807, 2.05) is 13.8 Å². The highest BCUT2D eigenvalue weighted by Gasteiger charge is 2.22. The molecule has 6 nitrogen and oxygen atoms in total. The van der Waals surface area contributed by atoms with Crippen LogP contribution in [-0.2, 0) is 4.79 Å². The van der Waals surface area contributed by atoms with Crippen LogP contribution in [0.2, 0.25) is 0 Å². The van der Waals surface area contributed by atoms with Gasteiger partial charge in [0, 0.05) is 12.6 Å². The van der Waals surface area contributed by atoms with Crippen LogP contribution in [0.25, 0.3) is 0 Å². The molecule has 0 aromatic carbocycles. The van der Waals surface area contributed by atoms with Gasteiger partial charge in [0.15, 0.2) is 5.82 Å². The third-order valence-corrected chi connectivity index (χ3v) is 3.16. The molecule has 0 aliphatic rings. The maximum atomic E-state index is 10.8. The molecule has 0 spiro atoms. The summed E-state index contributed by atoms with van der Waals surface area (Å²) in [7, 11) is 0. The first-order valence-corrected chi connectivity index (χ1v) is 6.14. The molecule has 0 bridgehead atoms. The van der Waals surface area contributed by atoms with Crippen LogP contribution < -0.4 is 4.90 Å². The van der Waals surface area contributed by atoms with Crippen LogP contribution in [0.3, 0.4) is 0 Å². The Kier molecular flexibility index (Phi) is 4.81. The van der Waals surface area contributed by atoms with Crippen LogP contribution in [-0.4, -0.2) is 33.9 Å². The van der Waals surface area contributed by atoms with Crippen LogP contribution in [0.1, 0.15) is 37.1 Å². The van der Waals surface area contributed by atoms with Gasteiger partial charge in [0.25, 0.3) is 0 Å². The van der Waals surface area contributed by atoms with E-state index in [0.29, 0.717) is 23.6 Å². The van der Waals surface area contributed by atoms with Crippen molar-refractivity contribution in [3.8, 4) is 6.07 Å². The minimum atomic E-state index is -0.874. The smallest absolute Gasteiger partial charge is 0.305 e. The number of aromatic nitrogens is 2. The number of carboxylic acids is 1. The lowest BCUT2D eigenvalue weighted by Gasteiger charge is -2.28. The second-order valence-corrected chi connectivity index (χ2v) is 4.45. The number of nitriles is 1. The third-order valence-electron chi connectivity index (χ3n) is 3.16. The molecule has 0 aliphatic heterocycles. The van der Waals surface area contributed by atoms with Gasteiger partial charge in [-0.3, -0.25) is 4.79 Å². The Balaban J connectivity index is 3.23. The zero-order chi connectivity index (χ0) is 14.6. The van der Waals surface area contributed by atoms with Crippen molar-refractivity contribution in [3.63, 3.8) is 0 Å². The van der Waals surface area contributed by atoms with Crippen molar-refractivity contribution in [2.45, 2.75) is 40.2 Å². The first-order valence-electron chi connectivity index (χ1n) is 6.14. The molecule has 1 aromatic heterocycles. The highest BCUT2D eigenvalue weighted by atomic mass is 16.4. The van der Waals surface area contributed by atoms with E-state index in [-0.39, 0.29) is 12.5 Å². The molecule has 1 heterocycles. The summed E-state index contributed by atoms with van der Waals surface area (Å²) in [6, 6.07) is 1.89. The van der Waals surface area contributed by atoms with Crippen molar-refractivity contribution in [1.29, 1.82) is 5.26 Å². The predicted molar refractivity (Wildman–Crippen MR) is 71.0 cm³/mol. The number of rotatable bonds is 5. The lowest BCUT2D eigenvalue weighted by molar-refractivity contribution is -0.137. The molecule has 1 atom stereocenters. The number of carbonyl (C=O) groups is 1. The van der Waals surface area contributed by atoms with Crippen molar-refractivity contribution < 1.29 is 9.90 Å². The van der Waals surface area contributed by atoms with E-state index in [1.165, 1.54) is 0 Å². The lowest BCUT2D eigenvalue weighted by Crippen LogP contribution is -2.36. The van der Waals surface area contributed by atoms with Crippen molar-refractivity contribution in [2.24, 2.45) is 0 Å². The largest absolute Gasteiger partial charge is 0.481 e. The van der Waals surface area contributed by atoms with Gasteiger partial charge in [-0.1, -0.05) is 0 Å². The van der Waals surface area contributed by atoms with E-state index in [0.717, 1.165) is 5.56 Å². The molecule has 0 amide bonds. The van der Waals surface area contributed by atoms with Gasteiger partial charge in [-0.05, 0) is 33.3 Å². The summed E-state index contributed by atoms with van der Waals surface area (Å²) in [5.74, 6) is -0.414. The van der Waals surface area contributed by atoms with Crippen LogP contribution >= 0.6 is 0 Å². The summed E-state index contributed by atoms with van der Waals surface area (Å²) in [6.07, 6.45) is -0.00663. The quantitative estimate of drug-likeness (QED) is 0.867. The highest BCUT2D eigenvalue weighted by molar-refractivity contribution is 5.69. The highest BCUT2D eigenvalue weighted by Crippen LogP contribution is 2.23. The SMILES string of the molecule is CCN(c1nnc(C)c(C)c1C#N)C(C)CC(=O)O. The zero-order valence-electron chi connectivity index (χ0n) is 11.6. The molecule has 0 aliphatic carbocycles. The Bertz CT molecular complexity index is 522. The first kappa shape index (κ1) is 14.9. The fourth-order valence-electron chi connectivity index (χ4n) is 1.96. The number of nitrogens with zero attached hydrogens (tertiary/aromatic N) is 4. The maximum Gasteiger partial charge on any atom is 0.305 e. The monoisotopic (exact) mass is 262 g/mol. The second-order valence-electron chi connectivity index (χ2n) is 4.45. The minimum Gasteiger partial charge on any atom is -0.481 e. The van der Waals surface area contributed by atoms with Gasteiger partial charge >= 0.3 is 5.97 Å². The molecule has 1 unspecified atom stereocenters. The molecule has 1 rings (SSSR count). The summed E-state index contributed by atoms with van der Waals surface area (Å²) in [4.78, 5) is 12.6. The van der Waals surface area contributed by atoms with Crippen molar-refractivity contribution in [2.75, 3.05) is 11.4 Å². The van der Waals surface area contributed by atoms with Crippen molar-refractivity contribution >= 4 is 11.8 Å². The van der Waals surface area contributed by atoms with Crippen LogP contribution in [0.5, 0.6) is 0 Å². The molecule has 0 radical (unpaired) electrons. The molecule has 1 N–H and O–H groups in total. The Hall–Kier alpha value is -2.16. The van der Waals surface area contributed by atoms with E-state index in [9.17, 15) is 10.1 Å². The summed E-state index contributed by atoms with van der Waals surface area (Å²) in [5, 5.41) is 26.2. The molecule has 0 fully saturated rings. The zero-order valence-corrected chi connectivity index (χ0v) is 11.6. The number of carboxylic acid groups (broad SMARTS) is 1. The van der Waals surface area contributed by atoms with E-state index < -0.39 is 5.97 Å². The molecule has 19 heavy (non-hydrogen) atoms. The fourth-order valence-corrected chi connectivity index (χ4v) is 1.96. The van der Waals surface area contributed by atoms with Gasteiger partial charge < -0.3 is 10.0 Å². The summed E-state index contributed by atoms with van der Waals surface area (Å²) >= 11 is 0. The average molecular weight is 262 g/mol. The minimum absolute atomic E-state index is 0.00663. The average Bonchev–Trinajstić information content (AvgIpc) is 2.34. The van der Waals surface area contributed by atoms with Crippen molar-refractivity contribution in [1.82, 2.24) is 10.2 Å². The number of aliphatic carboxylic acids is 1. The molecule has 6 heteroatoms. The Morgan fingerprint density at radius 2 is 2.11 bits per heavy atom. The number of hydrogen-bond donors (Lipinski definition) is 1. The van der Waals surface area contributed by atoms with E-state index in [4.69, 9.17) is 5.11 Å². The van der Waals surface area contributed by atoms with Gasteiger partial charge in [-0.2, -0.15) is 10.4 Å². The van der Waals surface area contributed by atoms with Gasteiger partial charge in [0.2, 0.25) is 0 Å². The Morgan fingerprint density at radius 3 is 2.58 bits per heavy atom. The Morgan fingerprint density at radius 1 is 1.47 bits per heavy atom. The Labute approximate surface area is 112 Å². The second kappa shape index (κ2) is 6.14. The number of anilines is 1. The summed E-state index contributed by atoms with van der Waals surface area (Å²) in [5.41, 5.74) is 1.96. The molecule has 1 aromatic rings. The summed E-state index contributed by atoms with van der Waals surface area (Å²) in [6.45, 7) is 7.89. The molecular formula is C13H18N4O2. The number of aryl methyl sites for hydroxylation is 1. The topological polar surface area (TPSA) is 90.1 Å². The number of hydrogen-bond acceptors (Lipinski definition) is 5. The normalized spacial score (nSPS) is 11.7. The molecule has 102 valence electrons. The molecular weight excluding hydrogens is 244 g/mol. The maximum absolute atomic E-state index is 10.8.